The highest BCUT2D eigenvalue weighted by Crippen LogP contribution is 2.35. The van der Waals surface area contributed by atoms with Crippen molar-refractivity contribution in [3.63, 3.8) is 0 Å². The van der Waals surface area contributed by atoms with Gasteiger partial charge in [0.1, 0.15) is 0 Å². The molecule has 3 nitrogen and oxygen atoms in total. The largest absolute Gasteiger partial charge is 0.381 e. The van der Waals surface area contributed by atoms with Gasteiger partial charge in [-0.1, -0.05) is 13.3 Å². The van der Waals surface area contributed by atoms with Crippen LogP contribution in [0, 0.1) is 5.92 Å². The van der Waals surface area contributed by atoms with Crippen molar-refractivity contribution in [3.05, 3.63) is 0 Å². The fourth-order valence-corrected chi connectivity index (χ4v) is 4.54. The van der Waals surface area contributed by atoms with Gasteiger partial charge in [-0.3, -0.25) is 4.90 Å². The lowest BCUT2D eigenvalue weighted by atomic mass is 9.80. The van der Waals surface area contributed by atoms with Crippen LogP contribution in [0.1, 0.15) is 58.3 Å². The summed E-state index contributed by atoms with van der Waals surface area (Å²) in [7, 11) is 0. The summed E-state index contributed by atoms with van der Waals surface area (Å²) in [4.78, 5) is 2.87. The number of rotatable bonds is 5. The summed E-state index contributed by atoms with van der Waals surface area (Å²) in [6.07, 6.45) is 11.0. The van der Waals surface area contributed by atoms with Gasteiger partial charge >= 0.3 is 0 Å². The van der Waals surface area contributed by atoms with Crippen LogP contribution >= 0.6 is 0 Å². The predicted molar refractivity (Wildman–Crippen MR) is 83.0 cm³/mol. The number of hydrogen-bond acceptors (Lipinski definition) is 3. The zero-order valence-electron chi connectivity index (χ0n) is 13.2. The van der Waals surface area contributed by atoms with E-state index in [1.807, 2.05) is 0 Å². The van der Waals surface area contributed by atoms with Gasteiger partial charge in [-0.2, -0.15) is 0 Å². The maximum atomic E-state index is 5.68. The first-order valence-electron chi connectivity index (χ1n) is 8.93. The fourth-order valence-electron chi connectivity index (χ4n) is 4.54. The molecule has 3 unspecified atom stereocenters. The Morgan fingerprint density at radius 1 is 1.10 bits per heavy atom. The zero-order chi connectivity index (χ0) is 13.8. The third-order valence-corrected chi connectivity index (χ3v) is 5.53. The van der Waals surface area contributed by atoms with Crippen molar-refractivity contribution in [1.82, 2.24) is 10.2 Å². The van der Waals surface area contributed by atoms with Crippen LogP contribution in [0.5, 0.6) is 0 Å². The number of nitrogens with zero attached hydrogens (tertiary/aromatic N) is 1. The first kappa shape index (κ1) is 14.8. The third-order valence-electron chi connectivity index (χ3n) is 5.53. The average molecular weight is 280 g/mol. The van der Waals surface area contributed by atoms with Crippen LogP contribution in [-0.4, -0.2) is 49.3 Å². The van der Waals surface area contributed by atoms with Crippen molar-refractivity contribution < 1.29 is 4.74 Å². The molecule has 0 radical (unpaired) electrons. The van der Waals surface area contributed by atoms with Crippen molar-refractivity contribution in [2.24, 2.45) is 5.92 Å². The summed E-state index contributed by atoms with van der Waals surface area (Å²) >= 11 is 0. The van der Waals surface area contributed by atoms with Gasteiger partial charge in [0.15, 0.2) is 0 Å². The second-order valence-electron chi connectivity index (χ2n) is 7.14. The molecule has 116 valence electrons. The first-order chi connectivity index (χ1) is 9.86. The minimum absolute atomic E-state index is 0.782. The second-order valence-corrected chi connectivity index (χ2v) is 7.14. The number of piperidine rings is 2. The molecule has 1 N–H and O–H groups in total. The van der Waals surface area contributed by atoms with Crippen molar-refractivity contribution in [2.75, 3.05) is 26.3 Å². The fraction of sp³-hybridized carbons (Fsp3) is 1.00. The minimum atomic E-state index is 0.782. The highest BCUT2D eigenvalue weighted by atomic mass is 16.5. The Hall–Kier alpha value is -0.120. The van der Waals surface area contributed by atoms with Crippen molar-refractivity contribution in [2.45, 2.75) is 76.4 Å². The van der Waals surface area contributed by atoms with E-state index < -0.39 is 0 Å². The SMILES string of the molecule is CCCNC1CC2CCCC(C1)N2CC1CCCOC1. The molecule has 20 heavy (non-hydrogen) atoms. The van der Waals surface area contributed by atoms with E-state index in [2.05, 4.69) is 17.1 Å². The Morgan fingerprint density at radius 2 is 1.90 bits per heavy atom. The van der Waals surface area contributed by atoms with Crippen LogP contribution in [0.25, 0.3) is 0 Å². The van der Waals surface area contributed by atoms with E-state index in [0.29, 0.717) is 0 Å². The predicted octanol–water partition coefficient (Wildman–Crippen LogP) is 2.80. The lowest BCUT2D eigenvalue weighted by Gasteiger charge is -2.50. The summed E-state index contributed by atoms with van der Waals surface area (Å²) in [5.74, 6) is 0.798. The number of hydrogen-bond donors (Lipinski definition) is 1. The molecule has 3 aliphatic rings. The summed E-state index contributed by atoms with van der Waals surface area (Å²) in [6, 6.07) is 2.47. The standard InChI is InChI=1S/C17H32N2O/c1-2-8-18-15-10-16-6-3-7-17(11-15)19(16)12-14-5-4-9-20-13-14/h14-18H,2-13H2,1H3. The minimum Gasteiger partial charge on any atom is -0.381 e. The number of nitrogens with one attached hydrogen (secondary N) is 1. The molecule has 0 saturated carbocycles. The van der Waals surface area contributed by atoms with E-state index in [4.69, 9.17) is 4.74 Å². The lowest BCUT2D eigenvalue weighted by molar-refractivity contribution is -0.0191. The first-order valence-corrected chi connectivity index (χ1v) is 8.93. The van der Waals surface area contributed by atoms with Crippen LogP contribution in [0.4, 0.5) is 0 Å². The van der Waals surface area contributed by atoms with Gasteiger partial charge < -0.3 is 10.1 Å². The Balaban J connectivity index is 1.55. The van der Waals surface area contributed by atoms with E-state index in [1.165, 1.54) is 64.5 Å². The van der Waals surface area contributed by atoms with Crippen LogP contribution in [-0.2, 0) is 4.74 Å². The van der Waals surface area contributed by atoms with Crippen molar-refractivity contribution in [3.8, 4) is 0 Å². The molecule has 0 aromatic carbocycles. The molecule has 2 bridgehead atoms. The molecule has 0 spiro atoms. The van der Waals surface area contributed by atoms with E-state index in [1.54, 1.807) is 0 Å². The zero-order valence-corrected chi connectivity index (χ0v) is 13.2. The molecular weight excluding hydrogens is 248 g/mol. The van der Waals surface area contributed by atoms with Crippen LogP contribution in [0.3, 0.4) is 0 Å². The quantitative estimate of drug-likeness (QED) is 0.838. The monoisotopic (exact) mass is 280 g/mol. The van der Waals surface area contributed by atoms with Gasteiger partial charge in [0, 0.05) is 31.3 Å². The molecule has 0 amide bonds. The Labute approximate surface area is 124 Å². The Bertz CT molecular complexity index is 277. The van der Waals surface area contributed by atoms with Crippen LogP contribution in [0.2, 0.25) is 0 Å². The molecule has 3 fully saturated rings. The second kappa shape index (κ2) is 7.24. The van der Waals surface area contributed by atoms with Gasteiger partial charge in [-0.15, -0.1) is 0 Å². The molecular formula is C17H32N2O. The molecule has 3 heterocycles. The topological polar surface area (TPSA) is 24.5 Å². The normalized spacial score (nSPS) is 38.9. The van der Waals surface area contributed by atoms with Gasteiger partial charge in [0.05, 0.1) is 6.61 Å². The molecule has 3 saturated heterocycles. The molecule has 3 aliphatic heterocycles. The molecule has 0 aromatic heterocycles. The van der Waals surface area contributed by atoms with Gasteiger partial charge in [0.2, 0.25) is 0 Å². The van der Waals surface area contributed by atoms with E-state index >= 15 is 0 Å². The molecule has 0 aromatic rings. The van der Waals surface area contributed by atoms with E-state index in [0.717, 1.165) is 37.3 Å². The molecule has 3 heteroatoms. The maximum Gasteiger partial charge on any atom is 0.0506 e. The van der Waals surface area contributed by atoms with Crippen molar-refractivity contribution in [1.29, 1.82) is 0 Å². The Morgan fingerprint density at radius 3 is 2.55 bits per heavy atom. The third kappa shape index (κ3) is 3.55. The summed E-state index contributed by atoms with van der Waals surface area (Å²) < 4.78 is 5.68. The molecule has 3 rings (SSSR count). The summed E-state index contributed by atoms with van der Waals surface area (Å²) in [5, 5.41) is 3.77. The smallest absolute Gasteiger partial charge is 0.0506 e. The highest BCUT2D eigenvalue weighted by Gasteiger charge is 2.38. The summed E-state index contributed by atoms with van der Waals surface area (Å²) in [5.41, 5.74) is 0. The molecule has 3 atom stereocenters. The van der Waals surface area contributed by atoms with Gasteiger partial charge in [0.25, 0.3) is 0 Å². The number of fused-ring (bicyclic) bond motifs is 2. The number of ether oxygens (including phenoxy) is 1. The lowest BCUT2D eigenvalue weighted by Crippen LogP contribution is -2.57. The highest BCUT2D eigenvalue weighted by molar-refractivity contribution is 4.95. The van der Waals surface area contributed by atoms with E-state index in [-0.39, 0.29) is 0 Å². The average Bonchev–Trinajstić information content (AvgIpc) is 2.46. The van der Waals surface area contributed by atoms with Crippen LogP contribution < -0.4 is 5.32 Å². The maximum absolute atomic E-state index is 5.68. The van der Waals surface area contributed by atoms with E-state index in [9.17, 15) is 0 Å². The Kier molecular flexibility index (Phi) is 5.36. The van der Waals surface area contributed by atoms with Gasteiger partial charge in [-0.05, 0) is 57.4 Å². The summed E-state index contributed by atoms with van der Waals surface area (Å²) in [6.45, 7) is 6.77. The van der Waals surface area contributed by atoms with Gasteiger partial charge in [-0.25, -0.2) is 0 Å². The molecule has 0 aliphatic carbocycles. The van der Waals surface area contributed by atoms with Crippen molar-refractivity contribution >= 4 is 0 Å². The van der Waals surface area contributed by atoms with Crippen LogP contribution in [0.15, 0.2) is 0 Å².